The summed E-state index contributed by atoms with van der Waals surface area (Å²) in [5.41, 5.74) is 2.25. The van der Waals surface area contributed by atoms with Gasteiger partial charge in [-0.1, -0.05) is 19.9 Å². The summed E-state index contributed by atoms with van der Waals surface area (Å²) in [5, 5.41) is 0. The summed E-state index contributed by atoms with van der Waals surface area (Å²) >= 11 is 1.80. The molecule has 1 aromatic rings. The molecule has 1 aliphatic heterocycles. The van der Waals surface area contributed by atoms with Crippen LogP contribution < -0.4 is 0 Å². The van der Waals surface area contributed by atoms with E-state index in [-0.39, 0.29) is 0 Å². The highest BCUT2D eigenvalue weighted by Gasteiger charge is 2.18. The molecule has 2 heteroatoms. The van der Waals surface area contributed by atoms with Gasteiger partial charge in [0.25, 0.3) is 0 Å². The van der Waals surface area contributed by atoms with E-state index in [0.717, 1.165) is 17.7 Å². The maximum absolute atomic E-state index is 11.7. The molecule has 0 radical (unpaired) electrons. The number of Topliss-reactive ketones (excluding diaryl/α,β-unsaturated/α-hetero) is 1. The summed E-state index contributed by atoms with van der Waals surface area (Å²) in [6.07, 6.45) is 1.82. The van der Waals surface area contributed by atoms with Crippen molar-refractivity contribution in [2.24, 2.45) is 0 Å². The van der Waals surface area contributed by atoms with Crippen LogP contribution in [0.15, 0.2) is 23.1 Å². The van der Waals surface area contributed by atoms with E-state index in [1.54, 1.807) is 11.8 Å². The first-order valence-electron chi connectivity index (χ1n) is 5.52. The minimum Gasteiger partial charge on any atom is -0.294 e. The van der Waals surface area contributed by atoms with Crippen LogP contribution in [0, 0.1) is 0 Å². The molecule has 0 spiro atoms. The van der Waals surface area contributed by atoms with Crippen molar-refractivity contribution >= 4 is 17.5 Å². The average Bonchev–Trinajstić information content (AvgIpc) is 2.28. The summed E-state index contributed by atoms with van der Waals surface area (Å²) < 4.78 is 0. The van der Waals surface area contributed by atoms with Crippen molar-refractivity contribution in [1.82, 2.24) is 0 Å². The number of hydrogen-bond donors (Lipinski definition) is 0. The van der Waals surface area contributed by atoms with Crippen molar-refractivity contribution in [3.8, 4) is 0 Å². The van der Waals surface area contributed by atoms with E-state index in [1.807, 2.05) is 0 Å². The second-order valence-corrected chi connectivity index (χ2v) is 5.22. The van der Waals surface area contributed by atoms with Gasteiger partial charge in [0.1, 0.15) is 0 Å². The van der Waals surface area contributed by atoms with Crippen LogP contribution in [0.2, 0.25) is 0 Å². The van der Waals surface area contributed by atoms with Gasteiger partial charge in [0, 0.05) is 22.6 Å². The van der Waals surface area contributed by atoms with Gasteiger partial charge in [0.2, 0.25) is 0 Å². The Hall–Kier alpha value is -0.760. The van der Waals surface area contributed by atoms with Crippen molar-refractivity contribution in [3.63, 3.8) is 0 Å². The number of ketones is 1. The van der Waals surface area contributed by atoms with Crippen molar-refractivity contribution in [1.29, 1.82) is 0 Å². The zero-order chi connectivity index (χ0) is 10.8. The molecule has 1 atom stereocenters. The van der Waals surface area contributed by atoms with Crippen LogP contribution in [0.3, 0.4) is 0 Å². The molecule has 0 N–H and O–H groups in total. The lowest BCUT2D eigenvalue weighted by molar-refractivity contribution is 0.0984. The summed E-state index contributed by atoms with van der Waals surface area (Å²) in [6, 6.07) is 6.37. The minimum absolute atomic E-state index is 0.314. The molecular weight excluding hydrogens is 204 g/mol. The van der Waals surface area contributed by atoms with Gasteiger partial charge in [0.15, 0.2) is 5.78 Å². The van der Waals surface area contributed by atoms with E-state index >= 15 is 0 Å². The summed E-state index contributed by atoms with van der Waals surface area (Å²) in [7, 11) is 0. The smallest absolute Gasteiger partial charge is 0.164 e. The van der Waals surface area contributed by atoms with Crippen molar-refractivity contribution in [3.05, 3.63) is 29.3 Å². The predicted molar refractivity (Wildman–Crippen MR) is 64.8 cm³/mol. The Labute approximate surface area is 95.3 Å². The first-order chi connectivity index (χ1) is 7.22. The number of rotatable bonds is 2. The molecule has 15 heavy (non-hydrogen) atoms. The molecule has 0 aliphatic carbocycles. The molecule has 1 heterocycles. The first-order valence-corrected chi connectivity index (χ1v) is 6.51. The van der Waals surface area contributed by atoms with Gasteiger partial charge in [-0.05, 0) is 30.0 Å². The highest BCUT2D eigenvalue weighted by molar-refractivity contribution is 7.99. The lowest BCUT2D eigenvalue weighted by Crippen LogP contribution is -2.09. The largest absolute Gasteiger partial charge is 0.294 e. The van der Waals surface area contributed by atoms with Crippen LogP contribution >= 0.6 is 11.8 Å². The number of carbonyl (C=O) groups is 1. The number of carbonyl (C=O) groups excluding carboxylic acids is 1. The third-order valence-electron chi connectivity index (χ3n) is 3.07. The van der Waals surface area contributed by atoms with Gasteiger partial charge in [-0.25, -0.2) is 0 Å². The van der Waals surface area contributed by atoms with Crippen LogP contribution in [0.1, 0.15) is 48.5 Å². The molecule has 1 aromatic carbocycles. The Morgan fingerprint density at radius 2 is 2.27 bits per heavy atom. The predicted octanol–water partition coefficient (Wildman–Crippen LogP) is 3.88. The lowest BCUT2D eigenvalue weighted by Gasteiger charge is -2.17. The summed E-state index contributed by atoms with van der Waals surface area (Å²) in [5.74, 6) is 1.80. The highest BCUT2D eigenvalue weighted by Crippen LogP contribution is 2.32. The Kier molecular flexibility index (Phi) is 3.15. The fourth-order valence-electron chi connectivity index (χ4n) is 1.82. The molecule has 1 aliphatic rings. The zero-order valence-electron chi connectivity index (χ0n) is 9.25. The molecule has 0 saturated heterocycles. The molecule has 80 valence electrons. The van der Waals surface area contributed by atoms with Crippen LogP contribution in [-0.2, 0) is 0 Å². The number of thioether (sulfide) groups is 1. The van der Waals surface area contributed by atoms with Gasteiger partial charge < -0.3 is 0 Å². The van der Waals surface area contributed by atoms with Gasteiger partial charge >= 0.3 is 0 Å². The quantitative estimate of drug-likeness (QED) is 0.752. The van der Waals surface area contributed by atoms with E-state index in [4.69, 9.17) is 0 Å². The van der Waals surface area contributed by atoms with Gasteiger partial charge in [-0.15, -0.1) is 11.8 Å². The standard InChI is InChI=1S/C13H16OS/c1-3-9(2)10-4-5-13-11(8-10)12(14)6-7-15-13/h4-5,8-9H,3,6-7H2,1-2H3/t9-/m0/s1. The third-order valence-corrected chi connectivity index (χ3v) is 4.15. The molecule has 0 saturated carbocycles. The van der Waals surface area contributed by atoms with E-state index in [1.165, 1.54) is 10.5 Å². The molecule has 0 amide bonds. The Bertz CT molecular complexity index is 384. The van der Waals surface area contributed by atoms with E-state index in [2.05, 4.69) is 32.0 Å². The zero-order valence-corrected chi connectivity index (χ0v) is 10.1. The lowest BCUT2D eigenvalue weighted by atomic mass is 9.95. The summed E-state index contributed by atoms with van der Waals surface area (Å²) in [4.78, 5) is 12.9. The van der Waals surface area contributed by atoms with Crippen molar-refractivity contribution in [2.75, 3.05) is 5.75 Å². The monoisotopic (exact) mass is 220 g/mol. The molecule has 0 aromatic heterocycles. The SMILES string of the molecule is CC[C@H](C)c1ccc2c(c1)C(=O)CCS2. The van der Waals surface area contributed by atoms with Gasteiger partial charge in [-0.3, -0.25) is 4.79 Å². The Morgan fingerprint density at radius 3 is 3.00 bits per heavy atom. The van der Waals surface area contributed by atoms with E-state index in [9.17, 15) is 4.79 Å². The fraction of sp³-hybridized carbons (Fsp3) is 0.462. The second kappa shape index (κ2) is 4.40. The fourth-order valence-corrected chi connectivity index (χ4v) is 2.82. The summed E-state index contributed by atoms with van der Waals surface area (Å²) in [6.45, 7) is 4.39. The maximum atomic E-state index is 11.7. The van der Waals surface area contributed by atoms with E-state index in [0.29, 0.717) is 18.1 Å². The molecule has 0 unspecified atom stereocenters. The second-order valence-electron chi connectivity index (χ2n) is 4.09. The van der Waals surface area contributed by atoms with Crippen LogP contribution in [0.25, 0.3) is 0 Å². The van der Waals surface area contributed by atoms with Crippen molar-refractivity contribution in [2.45, 2.75) is 37.5 Å². The molecule has 0 bridgehead atoms. The van der Waals surface area contributed by atoms with Crippen molar-refractivity contribution < 1.29 is 4.79 Å². The molecule has 1 nitrogen and oxygen atoms in total. The maximum Gasteiger partial charge on any atom is 0.164 e. The van der Waals surface area contributed by atoms with Crippen LogP contribution in [0.5, 0.6) is 0 Å². The van der Waals surface area contributed by atoms with Gasteiger partial charge in [0.05, 0.1) is 0 Å². The van der Waals surface area contributed by atoms with Crippen LogP contribution in [-0.4, -0.2) is 11.5 Å². The molecule has 2 rings (SSSR count). The highest BCUT2D eigenvalue weighted by atomic mass is 32.2. The Balaban J connectivity index is 2.39. The molecule has 0 fully saturated rings. The van der Waals surface area contributed by atoms with E-state index < -0.39 is 0 Å². The number of benzene rings is 1. The normalized spacial score (nSPS) is 17.3. The molecular formula is C13H16OS. The average molecular weight is 220 g/mol. The van der Waals surface area contributed by atoms with Crippen LogP contribution in [0.4, 0.5) is 0 Å². The van der Waals surface area contributed by atoms with Gasteiger partial charge in [-0.2, -0.15) is 0 Å². The number of fused-ring (bicyclic) bond motifs is 1. The first kappa shape index (κ1) is 10.7. The minimum atomic E-state index is 0.314. The third kappa shape index (κ3) is 2.10. The topological polar surface area (TPSA) is 17.1 Å². The Morgan fingerprint density at radius 1 is 1.47 bits per heavy atom. The number of hydrogen-bond acceptors (Lipinski definition) is 2.